The molecule has 0 atom stereocenters. The first-order valence-electron chi connectivity index (χ1n) is 22.2. The fraction of sp³-hybridized carbons (Fsp3) is 0.0847. The van der Waals surface area contributed by atoms with Gasteiger partial charge in [-0.1, -0.05) is 185 Å². The van der Waals surface area contributed by atoms with E-state index in [1.165, 1.54) is 121 Å². The predicted molar refractivity (Wildman–Crippen MR) is 268 cm³/mol. The van der Waals surface area contributed by atoms with Gasteiger partial charge in [-0.05, 0) is 102 Å². The van der Waals surface area contributed by atoms with Crippen LogP contribution in [-0.4, -0.2) is 6.85 Å². The molecule has 10 aromatic rings. The zero-order chi connectivity index (χ0) is 41.8. The molecule has 0 unspecified atom stereocenters. The van der Waals surface area contributed by atoms with Gasteiger partial charge in [0.25, 0.3) is 0 Å². The van der Waals surface area contributed by atoms with Crippen molar-refractivity contribution in [1.29, 1.82) is 0 Å². The highest BCUT2D eigenvalue weighted by Gasteiger charge is 2.57. The van der Waals surface area contributed by atoms with Crippen LogP contribution in [0.25, 0.3) is 54.2 Å². The highest BCUT2D eigenvalue weighted by Crippen LogP contribution is 2.65. The van der Waals surface area contributed by atoms with E-state index in [0.29, 0.717) is 0 Å². The molecular weight excluding hydrogens is 780 g/mol. The number of hydrogen-bond acceptors (Lipinski definition) is 3. The molecule has 14 rings (SSSR count). The van der Waals surface area contributed by atoms with Crippen LogP contribution >= 0.6 is 11.3 Å². The lowest BCUT2D eigenvalue weighted by Crippen LogP contribution is -2.62. The van der Waals surface area contributed by atoms with Crippen LogP contribution in [0.2, 0.25) is 0 Å². The summed E-state index contributed by atoms with van der Waals surface area (Å²) in [5.74, 6) is 0. The van der Waals surface area contributed by atoms with E-state index in [0.717, 1.165) is 0 Å². The Labute approximate surface area is 372 Å². The highest BCUT2D eigenvalue weighted by atomic mass is 32.1. The van der Waals surface area contributed by atoms with Crippen molar-refractivity contribution in [3.8, 4) is 33.4 Å². The molecule has 9 aromatic carbocycles. The minimum atomic E-state index is -0.486. The van der Waals surface area contributed by atoms with Crippen LogP contribution < -0.4 is 20.0 Å². The lowest BCUT2D eigenvalue weighted by Gasteiger charge is -2.52. The first-order chi connectivity index (χ1) is 30.9. The molecule has 4 aliphatic rings. The molecule has 1 spiro atoms. The third-order valence-electron chi connectivity index (χ3n) is 14.6. The maximum atomic E-state index is 2.77. The Morgan fingerprint density at radius 3 is 1.89 bits per heavy atom. The van der Waals surface area contributed by atoms with Crippen LogP contribution in [0.15, 0.2) is 194 Å². The zero-order valence-electron chi connectivity index (χ0n) is 35.4. The molecule has 0 saturated heterocycles. The van der Waals surface area contributed by atoms with Gasteiger partial charge in [0.1, 0.15) is 0 Å². The molecule has 0 fully saturated rings. The molecule has 1 aromatic heterocycles. The van der Waals surface area contributed by atoms with E-state index < -0.39 is 5.41 Å². The van der Waals surface area contributed by atoms with Gasteiger partial charge in [-0.15, -0.1) is 11.3 Å². The van der Waals surface area contributed by atoms with E-state index in [1.54, 1.807) is 0 Å². The second-order valence-corrected chi connectivity index (χ2v) is 19.8. The Hall–Kier alpha value is -7.14. The van der Waals surface area contributed by atoms with Crippen molar-refractivity contribution in [3.05, 3.63) is 222 Å². The van der Waals surface area contributed by atoms with E-state index in [4.69, 9.17) is 0 Å². The van der Waals surface area contributed by atoms with Gasteiger partial charge in [0.2, 0.25) is 0 Å². The van der Waals surface area contributed by atoms with Crippen molar-refractivity contribution >= 4 is 77.7 Å². The van der Waals surface area contributed by atoms with E-state index in [9.17, 15) is 0 Å². The number of rotatable bonds is 2. The molecule has 4 heteroatoms. The normalized spacial score (nSPS) is 14.6. The number of hydrogen-bond donors (Lipinski definition) is 0. The number of thiophene rings is 1. The summed E-state index contributed by atoms with van der Waals surface area (Å²) in [6.45, 7) is 6.89. The van der Waals surface area contributed by atoms with Crippen molar-refractivity contribution in [1.82, 2.24) is 0 Å². The largest absolute Gasteiger partial charge is 0.375 e. The molecule has 0 amide bonds. The topological polar surface area (TPSA) is 6.48 Å². The second kappa shape index (κ2) is 12.5. The molecule has 2 nitrogen and oxygen atoms in total. The average molecular weight is 821 g/mol. The second-order valence-electron chi connectivity index (χ2n) is 18.7. The Morgan fingerprint density at radius 2 is 1.11 bits per heavy atom. The van der Waals surface area contributed by atoms with Gasteiger partial charge in [0.15, 0.2) is 0 Å². The van der Waals surface area contributed by atoms with Crippen molar-refractivity contribution in [3.63, 3.8) is 0 Å². The predicted octanol–water partition coefficient (Wildman–Crippen LogP) is 14.4. The van der Waals surface area contributed by atoms with Gasteiger partial charge in [-0.25, -0.2) is 0 Å². The average Bonchev–Trinajstić information content (AvgIpc) is 3.85. The number of benzene rings is 9. The highest BCUT2D eigenvalue weighted by molar-refractivity contribution is 7.32. The number of anilines is 5. The first kappa shape index (κ1) is 35.5. The Balaban J connectivity index is 1.16. The molecular formula is C59H41BN2S. The fourth-order valence-corrected chi connectivity index (χ4v) is 13.3. The van der Waals surface area contributed by atoms with Gasteiger partial charge < -0.3 is 9.71 Å². The molecule has 0 N–H and O–H groups in total. The number of para-hydroxylation sites is 2. The van der Waals surface area contributed by atoms with Crippen LogP contribution in [-0.2, 0) is 10.8 Å². The summed E-state index contributed by atoms with van der Waals surface area (Å²) in [6, 6.07) is 73.9. The summed E-state index contributed by atoms with van der Waals surface area (Å²) in [7, 11) is 0. The summed E-state index contributed by atoms with van der Waals surface area (Å²) < 4.78 is 2.68. The first-order valence-corrected chi connectivity index (χ1v) is 23.0. The molecule has 63 heavy (non-hydrogen) atoms. The summed E-state index contributed by atoms with van der Waals surface area (Å²) in [4.78, 5) is 5.42. The van der Waals surface area contributed by atoms with Gasteiger partial charge in [-0.3, -0.25) is 0 Å². The van der Waals surface area contributed by atoms with Crippen LogP contribution in [0.1, 0.15) is 48.6 Å². The van der Waals surface area contributed by atoms with E-state index in [1.807, 2.05) is 11.3 Å². The van der Waals surface area contributed by atoms with Crippen molar-refractivity contribution in [2.45, 2.75) is 31.6 Å². The zero-order valence-corrected chi connectivity index (χ0v) is 36.2. The van der Waals surface area contributed by atoms with Crippen LogP contribution in [0.3, 0.4) is 0 Å². The number of nitrogens with zero attached hydrogens (tertiary/aromatic N) is 2. The molecule has 0 bridgehead atoms. The van der Waals surface area contributed by atoms with Gasteiger partial charge in [0, 0.05) is 43.1 Å². The van der Waals surface area contributed by atoms with Crippen LogP contribution in [0, 0.1) is 0 Å². The van der Waals surface area contributed by atoms with E-state index in [2.05, 4.69) is 225 Å². The van der Waals surface area contributed by atoms with Crippen LogP contribution in [0.4, 0.5) is 28.4 Å². The van der Waals surface area contributed by atoms with E-state index in [-0.39, 0.29) is 12.3 Å². The molecule has 0 saturated carbocycles. The summed E-state index contributed by atoms with van der Waals surface area (Å²) in [5, 5.41) is 3.83. The summed E-state index contributed by atoms with van der Waals surface area (Å²) >= 11 is 1.97. The maximum Gasteiger partial charge on any atom is 0.343 e. The van der Waals surface area contributed by atoms with Crippen molar-refractivity contribution in [2.75, 3.05) is 9.71 Å². The van der Waals surface area contributed by atoms with E-state index >= 15 is 0 Å². The smallest absolute Gasteiger partial charge is 0.343 e. The third kappa shape index (κ3) is 4.49. The monoisotopic (exact) mass is 820 g/mol. The lowest BCUT2D eigenvalue weighted by molar-refractivity contribution is 0.590. The summed E-state index contributed by atoms with van der Waals surface area (Å²) in [6.07, 6.45) is 0. The summed E-state index contributed by atoms with van der Waals surface area (Å²) in [5.41, 5.74) is 21.7. The molecule has 296 valence electrons. The molecule has 3 aliphatic heterocycles. The quantitative estimate of drug-likeness (QED) is 0.160. The minimum absolute atomic E-state index is 0.0157. The Morgan fingerprint density at radius 1 is 0.476 bits per heavy atom. The maximum absolute atomic E-state index is 2.77. The van der Waals surface area contributed by atoms with Crippen molar-refractivity contribution in [2.24, 2.45) is 0 Å². The Kier molecular flexibility index (Phi) is 7.03. The minimum Gasteiger partial charge on any atom is -0.375 e. The fourth-order valence-electron chi connectivity index (χ4n) is 12.0. The standard InChI is InChI=1S/C59H41BN2S/c1-58(2,3)38-32-33-49(44(35-38)36-18-5-4-6-19-36)61-51-34-37-20-7-8-21-39(37)53-43-25-17-29-48-55(43)62(60(54(51)53)57-56(61)42-24-11-16-31-52(42)63-57)50-30-15-14-28-47(50)59(48)45-26-12-9-22-40(45)41-23-10-13-27-46(41)59/h4-35H,1-3H3. The third-order valence-corrected chi connectivity index (χ3v) is 15.8. The molecule has 1 aliphatic carbocycles. The van der Waals surface area contributed by atoms with Gasteiger partial charge in [0.05, 0.1) is 16.8 Å². The molecule has 0 radical (unpaired) electrons. The van der Waals surface area contributed by atoms with Gasteiger partial charge >= 0.3 is 6.85 Å². The SMILES string of the molecule is CC(C)(C)c1ccc(N2c3cc4ccccc4c4c3B(c3sc5ccccc5c32)N2c3ccccc3C3(c5ccccc5-c5ccccc53)c3cccc-4c32)c(-c2ccccc2)c1. The van der Waals surface area contributed by atoms with Crippen molar-refractivity contribution < 1.29 is 0 Å². The van der Waals surface area contributed by atoms with Gasteiger partial charge in [-0.2, -0.15) is 0 Å². The lowest BCUT2D eigenvalue weighted by atomic mass is 9.44. The van der Waals surface area contributed by atoms with Crippen LogP contribution in [0.5, 0.6) is 0 Å². The number of fused-ring (bicyclic) bond motifs is 17. The Bertz CT molecular complexity index is 3550. The molecule has 4 heterocycles.